The molecule has 1 amide bonds. The Morgan fingerprint density at radius 1 is 0.875 bits per heavy atom. The van der Waals surface area contributed by atoms with E-state index in [1.54, 1.807) is 0 Å². The van der Waals surface area contributed by atoms with Crippen LogP contribution in [0.2, 0.25) is 0 Å². The fraction of sp³-hybridized carbons (Fsp3) is 0.128. The van der Waals surface area contributed by atoms with Gasteiger partial charge >= 0.3 is 5.91 Å². The van der Waals surface area contributed by atoms with Crippen molar-refractivity contribution in [3.05, 3.63) is 154 Å². The van der Waals surface area contributed by atoms with E-state index in [-0.39, 0.29) is 16.5 Å². The zero-order valence-electron chi connectivity index (χ0n) is 26.3. The molecule has 9 heteroatoms. The summed E-state index contributed by atoms with van der Waals surface area (Å²) in [5.74, 6) is -0.463. The van der Waals surface area contributed by atoms with E-state index in [4.69, 9.17) is 4.74 Å². The van der Waals surface area contributed by atoms with E-state index in [0.717, 1.165) is 22.1 Å². The van der Waals surface area contributed by atoms with Gasteiger partial charge in [-0.3, -0.25) is 14.5 Å². The molecule has 1 N–H and O–H groups in total. The first kappa shape index (κ1) is 31.4. The van der Waals surface area contributed by atoms with Crippen molar-refractivity contribution < 1.29 is 19.4 Å². The van der Waals surface area contributed by atoms with Crippen LogP contribution in [0.1, 0.15) is 39.4 Å². The second-order valence-electron chi connectivity index (χ2n) is 11.6. The molecule has 0 saturated carbocycles. The molecule has 0 aliphatic carbocycles. The minimum absolute atomic E-state index is 0.00631. The quantitative estimate of drug-likeness (QED) is 0.0541. The molecule has 238 valence electrons. The van der Waals surface area contributed by atoms with Gasteiger partial charge in [0.15, 0.2) is 4.34 Å². The van der Waals surface area contributed by atoms with E-state index >= 15 is 0 Å². The molecule has 48 heavy (non-hydrogen) atoms. The Labute approximate surface area is 286 Å². The number of thioether (sulfide) groups is 1. The van der Waals surface area contributed by atoms with Gasteiger partial charge < -0.3 is 9.84 Å². The molecule has 0 radical (unpaired) electrons. The van der Waals surface area contributed by atoms with Crippen LogP contribution in [-0.4, -0.2) is 27.0 Å². The van der Waals surface area contributed by atoms with Crippen molar-refractivity contribution in [3.63, 3.8) is 0 Å². The number of hydrogen-bond donors (Lipinski definition) is 1. The minimum atomic E-state index is -0.919. The number of aliphatic hydroxyl groups excluding tert-OH is 1. The summed E-state index contributed by atoms with van der Waals surface area (Å²) >= 11 is 2.77. The van der Waals surface area contributed by atoms with Crippen LogP contribution in [0.4, 0.5) is 5.13 Å². The topological polar surface area (TPSA) is 92.6 Å². The number of rotatable bonds is 9. The molecule has 7 nitrogen and oxygen atoms in total. The smallest absolute Gasteiger partial charge is 0.301 e. The number of carbonyl (C=O) groups excluding carboxylic acids is 2. The van der Waals surface area contributed by atoms with Crippen molar-refractivity contribution in [2.75, 3.05) is 4.90 Å². The summed E-state index contributed by atoms with van der Waals surface area (Å²) in [6.07, 6.45) is 0. The van der Waals surface area contributed by atoms with Crippen LogP contribution in [-0.2, 0) is 21.9 Å². The molecule has 1 fully saturated rings. The second-order valence-corrected chi connectivity index (χ2v) is 13.8. The lowest BCUT2D eigenvalue weighted by Gasteiger charge is -2.23. The summed E-state index contributed by atoms with van der Waals surface area (Å²) in [6.45, 7) is 4.18. The van der Waals surface area contributed by atoms with Gasteiger partial charge in [-0.1, -0.05) is 126 Å². The third-order valence-electron chi connectivity index (χ3n) is 8.37. The van der Waals surface area contributed by atoms with Crippen molar-refractivity contribution in [1.29, 1.82) is 0 Å². The van der Waals surface area contributed by atoms with Gasteiger partial charge in [0.2, 0.25) is 5.13 Å². The predicted molar refractivity (Wildman–Crippen MR) is 191 cm³/mol. The van der Waals surface area contributed by atoms with Gasteiger partial charge in [0.1, 0.15) is 18.1 Å². The van der Waals surface area contributed by atoms with Crippen LogP contribution in [0, 0.1) is 13.8 Å². The number of ether oxygens (including phenoxy) is 1. The molecule has 1 atom stereocenters. The molecular weight excluding hydrogens is 639 g/mol. The Balaban J connectivity index is 1.23. The summed E-state index contributed by atoms with van der Waals surface area (Å²) in [5.41, 5.74) is 5.05. The maximum atomic E-state index is 13.8. The van der Waals surface area contributed by atoms with Gasteiger partial charge in [0.05, 0.1) is 11.6 Å². The number of benzene rings is 5. The van der Waals surface area contributed by atoms with Crippen LogP contribution in [0.5, 0.6) is 5.75 Å². The Kier molecular flexibility index (Phi) is 8.80. The van der Waals surface area contributed by atoms with Crippen molar-refractivity contribution in [2.24, 2.45) is 0 Å². The van der Waals surface area contributed by atoms with Crippen molar-refractivity contribution >= 4 is 56.5 Å². The molecular formula is C39H31N3O4S2. The maximum absolute atomic E-state index is 13.8. The highest BCUT2D eigenvalue weighted by Gasteiger charge is 2.48. The molecule has 0 spiro atoms. The molecule has 5 aromatic carbocycles. The molecule has 0 bridgehead atoms. The number of amides is 1. The molecule has 2 heterocycles. The Bertz CT molecular complexity index is 2170. The highest BCUT2D eigenvalue weighted by molar-refractivity contribution is 8.00. The average Bonchev–Trinajstić information content (AvgIpc) is 3.69. The molecule has 6 aromatic rings. The summed E-state index contributed by atoms with van der Waals surface area (Å²) in [7, 11) is 0. The van der Waals surface area contributed by atoms with Crippen molar-refractivity contribution in [2.45, 2.75) is 36.6 Å². The van der Waals surface area contributed by atoms with Gasteiger partial charge in [0.25, 0.3) is 5.78 Å². The lowest BCUT2D eigenvalue weighted by Crippen LogP contribution is -2.29. The first-order valence-corrected chi connectivity index (χ1v) is 17.3. The van der Waals surface area contributed by atoms with Crippen molar-refractivity contribution in [1.82, 2.24) is 10.2 Å². The summed E-state index contributed by atoms with van der Waals surface area (Å²) in [4.78, 5) is 28.9. The van der Waals surface area contributed by atoms with E-state index in [9.17, 15) is 14.7 Å². The largest absolute Gasteiger partial charge is 0.507 e. The standard InChI is InChI=1S/C39H31N3O4S2/c1-24-15-16-25(2)32(21-24)35(43)33-34(28-17-19-30(20-18-28)46-22-26-9-4-3-5-10-26)42(37(45)36(33)44)38-40-41-39(48-38)47-23-29-13-8-12-27-11-6-7-14-31(27)29/h3-21,34,43H,22-23H2,1-2H3/b35-33+. The van der Waals surface area contributed by atoms with Gasteiger partial charge in [-0.15, -0.1) is 10.2 Å². The zero-order valence-corrected chi connectivity index (χ0v) is 27.9. The Morgan fingerprint density at radius 2 is 1.62 bits per heavy atom. The zero-order chi connectivity index (χ0) is 33.2. The first-order valence-electron chi connectivity index (χ1n) is 15.5. The fourth-order valence-electron chi connectivity index (χ4n) is 5.88. The van der Waals surface area contributed by atoms with Crippen LogP contribution in [0.3, 0.4) is 0 Å². The molecule has 1 aromatic heterocycles. The fourth-order valence-corrected chi connectivity index (χ4v) is 7.76. The molecule has 7 rings (SSSR count). The normalized spacial score (nSPS) is 15.7. The van der Waals surface area contributed by atoms with Gasteiger partial charge in [-0.25, -0.2) is 0 Å². The Hall–Kier alpha value is -5.25. The van der Waals surface area contributed by atoms with E-state index in [1.165, 1.54) is 38.9 Å². The van der Waals surface area contributed by atoms with Gasteiger partial charge in [-0.2, -0.15) is 0 Å². The van der Waals surface area contributed by atoms with E-state index in [1.807, 2.05) is 105 Å². The van der Waals surface area contributed by atoms with Gasteiger partial charge in [-0.05, 0) is 65.1 Å². The lowest BCUT2D eigenvalue weighted by atomic mass is 9.93. The van der Waals surface area contributed by atoms with Crippen LogP contribution >= 0.6 is 23.1 Å². The first-order chi connectivity index (χ1) is 23.4. The maximum Gasteiger partial charge on any atom is 0.301 e. The number of hydrogen-bond acceptors (Lipinski definition) is 8. The van der Waals surface area contributed by atoms with E-state index in [2.05, 4.69) is 34.5 Å². The number of aromatic nitrogens is 2. The number of fused-ring (bicyclic) bond motifs is 1. The van der Waals surface area contributed by atoms with Crippen molar-refractivity contribution in [3.8, 4) is 5.75 Å². The lowest BCUT2D eigenvalue weighted by molar-refractivity contribution is -0.132. The monoisotopic (exact) mass is 669 g/mol. The number of nitrogens with zero attached hydrogens (tertiary/aromatic N) is 3. The van der Waals surface area contributed by atoms with E-state index in [0.29, 0.717) is 33.6 Å². The number of carbonyl (C=O) groups is 2. The number of Topliss-reactive ketones (excluding diaryl/α,β-unsaturated/α-hetero) is 1. The van der Waals surface area contributed by atoms with E-state index < -0.39 is 17.7 Å². The predicted octanol–water partition coefficient (Wildman–Crippen LogP) is 8.81. The summed E-state index contributed by atoms with van der Waals surface area (Å²) in [6, 6.07) is 36.3. The van der Waals surface area contributed by atoms with Crippen LogP contribution in [0.25, 0.3) is 16.5 Å². The molecule has 1 unspecified atom stereocenters. The van der Waals surface area contributed by atoms with Crippen LogP contribution < -0.4 is 9.64 Å². The molecule has 1 saturated heterocycles. The Morgan fingerprint density at radius 3 is 2.44 bits per heavy atom. The number of anilines is 1. The third kappa shape index (κ3) is 6.22. The van der Waals surface area contributed by atoms with Gasteiger partial charge in [0, 0.05) is 11.3 Å². The summed E-state index contributed by atoms with van der Waals surface area (Å²) < 4.78 is 6.66. The third-order valence-corrected chi connectivity index (χ3v) is 10.5. The highest BCUT2D eigenvalue weighted by Crippen LogP contribution is 2.45. The number of ketones is 1. The molecule has 1 aliphatic heterocycles. The second kappa shape index (κ2) is 13.5. The SMILES string of the molecule is Cc1ccc(C)c(/C(O)=C2\C(=O)C(=O)N(c3nnc(SCc4cccc5ccccc45)s3)C2c2ccc(OCc3ccccc3)cc2)c1. The highest BCUT2D eigenvalue weighted by atomic mass is 32.2. The molecule has 1 aliphatic rings. The number of aliphatic hydroxyl groups is 1. The summed E-state index contributed by atoms with van der Waals surface area (Å²) in [5, 5.41) is 23.1. The van der Waals surface area contributed by atoms with Crippen LogP contribution in [0.15, 0.2) is 125 Å². The minimum Gasteiger partial charge on any atom is -0.507 e. The number of aryl methyl sites for hydroxylation is 2. The average molecular weight is 670 g/mol.